The molecule has 0 aliphatic heterocycles. The summed E-state index contributed by atoms with van der Waals surface area (Å²) in [6, 6.07) is 26.1. The quantitative estimate of drug-likeness (QED) is 0.309. The highest BCUT2D eigenvalue weighted by atomic mass is 32.2. The van der Waals surface area contributed by atoms with Crippen LogP contribution in [0.4, 0.5) is 11.4 Å². The highest BCUT2D eigenvalue weighted by Crippen LogP contribution is 2.17. The molecule has 0 spiro atoms. The molecular weight excluding hydrogens is 364 g/mol. The van der Waals surface area contributed by atoms with Gasteiger partial charge in [-0.2, -0.15) is 11.8 Å². The fourth-order valence-corrected chi connectivity index (χ4v) is 3.66. The molecular formula is C24H24N2OS. The van der Waals surface area contributed by atoms with E-state index < -0.39 is 0 Å². The summed E-state index contributed by atoms with van der Waals surface area (Å²) in [5.41, 5.74) is 10.7. The van der Waals surface area contributed by atoms with Crippen molar-refractivity contribution < 1.29 is 4.79 Å². The molecule has 0 atom stereocenters. The molecule has 0 aromatic heterocycles. The molecule has 0 saturated heterocycles. The Morgan fingerprint density at radius 3 is 2.36 bits per heavy atom. The van der Waals surface area contributed by atoms with E-state index in [2.05, 4.69) is 41.7 Å². The number of hydrogen-bond acceptors (Lipinski definition) is 3. The SMILES string of the molecule is Nc1ccccc1NC(=O)/C=C/c1ccc(CSCCc2ccccc2)cc1. The third-order valence-corrected chi connectivity index (χ3v) is 5.30. The normalized spacial score (nSPS) is 10.9. The molecule has 3 N–H and O–H groups in total. The molecule has 0 saturated carbocycles. The Morgan fingerprint density at radius 1 is 0.893 bits per heavy atom. The lowest BCUT2D eigenvalue weighted by atomic mass is 10.1. The van der Waals surface area contributed by atoms with Crippen molar-refractivity contribution in [3.05, 3.63) is 102 Å². The smallest absolute Gasteiger partial charge is 0.248 e. The summed E-state index contributed by atoms with van der Waals surface area (Å²) in [6.07, 6.45) is 4.42. The minimum atomic E-state index is -0.196. The Hall–Kier alpha value is -2.98. The van der Waals surface area contributed by atoms with Crippen molar-refractivity contribution in [3.8, 4) is 0 Å². The third-order valence-electron chi connectivity index (χ3n) is 4.27. The second-order valence-corrected chi connectivity index (χ2v) is 7.54. The van der Waals surface area contributed by atoms with E-state index in [9.17, 15) is 4.79 Å². The molecule has 0 heterocycles. The molecule has 3 rings (SSSR count). The highest BCUT2D eigenvalue weighted by Gasteiger charge is 2.01. The maximum atomic E-state index is 12.0. The van der Waals surface area contributed by atoms with Crippen LogP contribution < -0.4 is 11.1 Å². The number of nitrogens with one attached hydrogen (secondary N) is 1. The van der Waals surface area contributed by atoms with Gasteiger partial charge in [-0.1, -0.05) is 66.7 Å². The number of carbonyl (C=O) groups is 1. The van der Waals surface area contributed by atoms with Gasteiger partial charge in [0.15, 0.2) is 0 Å². The maximum absolute atomic E-state index is 12.0. The van der Waals surface area contributed by atoms with Crippen molar-refractivity contribution in [2.75, 3.05) is 16.8 Å². The lowest BCUT2D eigenvalue weighted by Gasteiger charge is -2.05. The summed E-state index contributed by atoms with van der Waals surface area (Å²) in [5.74, 6) is 1.90. The van der Waals surface area contributed by atoms with Gasteiger partial charge in [-0.15, -0.1) is 0 Å². The van der Waals surface area contributed by atoms with Gasteiger partial charge in [-0.05, 0) is 47.1 Å². The van der Waals surface area contributed by atoms with Gasteiger partial charge in [-0.25, -0.2) is 0 Å². The van der Waals surface area contributed by atoms with Crippen molar-refractivity contribution in [3.63, 3.8) is 0 Å². The zero-order valence-corrected chi connectivity index (χ0v) is 16.5. The van der Waals surface area contributed by atoms with Crippen molar-refractivity contribution in [1.82, 2.24) is 0 Å². The molecule has 0 fully saturated rings. The number of anilines is 2. The molecule has 0 unspecified atom stereocenters. The van der Waals surface area contributed by atoms with Crippen LogP contribution in [-0.4, -0.2) is 11.7 Å². The number of hydrogen-bond donors (Lipinski definition) is 2. The Labute approximate surface area is 170 Å². The summed E-state index contributed by atoms with van der Waals surface area (Å²) in [5, 5.41) is 2.79. The minimum absolute atomic E-state index is 0.196. The van der Waals surface area contributed by atoms with Crippen LogP contribution in [-0.2, 0) is 17.0 Å². The van der Waals surface area contributed by atoms with Crippen molar-refractivity contribution in [2.24, 2.45) is 0 Å². The molecule has 4 heteroatoms. The van der Waals surface area contributed by atoms with Crippen molar-refractivity contribution in [1.29, 1.82) is 0 Å². The molecule has 1 amide bonds. The predicted octanol–water partition coefficient (Wildman–Crippen LogP) is 5.40. The van der Waals surface area contributed by atoms with Crippen LogP contribution >= 0.6 is 11.8 Å². The van der Waals surface area contributed by atoms with Crippen LogP contribution in [0.3, 0.4) is 0 Å². The minimum Gasteiger partial charge on any atom is -0.397 e. The van der Waals surface area contributed by atoms with Crippen LogP contribution in [0.1, 0.15) is 16.7 Å². The number of nitrogen functional groups attached to an aromatic ring is 1. The standard InChI is InChI=1S/C24H24N2OS/c25-22-8-4-5-9-23(22)26-24(27)15-14-20-10-12-21(13-11-20)18-28-17-16-19-6-2-1-3-7-19/h1-15H,16-18,25H2,(H,26,27)/b15-14+. The predicted molar refractivity (Wildman–Crippen MR) is 121 cm³/mol. The average Bonchev–Trinajstić information content (AvgIpc) is 2.73. The van der Waals surface area contributed by atoms with Gasteiger partial charge < -0.3 is 11.1 Å². The molecule has 0 bridgehead atoms. The number of nitrogens with two attached hydrogens (primary N) is 1. The first-order chi connectivity index (χ1) is 13.7. The first-order valence-electron chi connectivity index (χ1n) is 9.25. The highest BCUT2D eigenvalue weighted by molar-refractivity contribution is 7.98. The second-order valence-electron chi connectivity index (χ2n) is 6.44. The molecule has 142 valence electrons. The Kier molecular flexibility index (Phi) is 7.33. The number of para-hydroxylation sites is 2. The van der Waals surface area contributed by atoms with Gasteiger partial charge in [0.25, 0.3) is 0 Å². The van der Waals surface area contributed by atoms with Crippen LogP contribution in [0.2, 0.25) is 0 Å². The third kappa shape index (κ3) is 6.32. The Bertz CT molecular complexity index is 921. The van der Waals surface area contributed by atoms with Crippen LogP contribution in [0.15, 0.2) is 84.9 Å². The number of amides is 1. The zero-order chi connectivity index (χ0) is 19.6. The monoisotopic (exact) mass is 388 g/mol. The number of rotatable bonds is 8. The lowest BCUT2D eigenvalue weighted by molar-refractivity contribution is -0.111. The molecule has 0 aliphatic rings. The van der Waals surface area contributed by atoms with Crippen molar-refractivity contribution in [2.45, 2.75) is 12.2 Å². The van der Waals surface area contributed by atoms with Crippen LogP contribution in [0, 0.1) is 0 Å². The van der Waals surface area contributed by atoms with Crippen molar-refractivity contribution >= 4 is 35.1 Å². The van der Waals surface area contributed by atoms with E-state index >= 15 is 0 Å². The van der Waals surface area contributed by atoms with E-state index in [0.717, 1.165) is 23.5 Å². The van der Waals surface area contributed by atoms with E-state index in [0.29, 0.717) is 11.4 Å². The summed E-state index contributed by atoms with van der Waals surface area (Å²) in [4.78, 5) is 12.0. The van der Waals surface area contributed by atoms with Gasteiger partial charge in [0.05, 0.1) is 11.4 Å². The van der Waals surface area contributed by atoms with Crippen LogP contribution in [0.5, 0.6) is 0 Å². The maximum Gasteiger partial charge on any atom is 0.248 e. The largest absolute Gasteiger partial charge is 0.397 e. The first-order valence-corrected chi connectivity index (χ1v) is 10.4. The number of carbonyl (C=O) groups excluding carboxylic acids is 1. The summed E-state index contributed by atoms with van der Waals surface area (Å²) in [6.45, 7) is 0. The van der Waals surface area contributed by atoms with E-state index in [4.69, 9.17) is 5.73 Å². The van der Waals surface area contributed by atoms with Gasteiger partial charge >= 0.3 is 0 Å². The number of aryl methyl sites for hydroxylation is 1. The zero-order valence-electron chi connectivity index (χ0n) is 15.7. The first kappa shape index (κ1) is 19.8. The fraction of sp³-hybridized carbons (Fsp3) is 0.125. The molecule has 0 aliphatic carbocycles. The number of benzene rings is 3. The Morgan fingerprint density at radius 2 is 1.61 bits per heavy atom. The van der Waals surface area contributed by atoms with Gasteiger partial charge in [0.2, 0.25) is 5.91 Å². The Balaban J connectivity index is 1.44. The lowest BCUT2D eigenvalue weighted by Crippen LogP contribution is -2.09. The van der Waals surface area contributed by atoms with Gasteiger partial charge in [0.1, 0.15) is 0 Å². The van der Waals surface area contributed by atoms with Crippen LogP contribution in [0.25, 0.3) is 6.08 Å². The molecule has 0 radical (unpaired) electrons. The fourth-order valence-electron chi connectivity index (χ4n) is 2.71. The average molecular weight is 389 g/mol. The topological polar surface area (TPSA) is 55.1 Å². The summed E-state index contributed by atoms with van der Waals surface area (Å²) < 4.78 is 0. The van der Waals surface area contributed by atoms with E-state index in [1.54, 1.807) is 18.2 Å². The molecule has 28 heavy (non-hydrogen) atoms. The number of thioether (sulfide) groups is 1. The second kappa shape index (κ2) is 10.4. The van der Waals surface area contributed by atoms with E-state index in [1.165, 1.54) is 17.2 Å². The summed E-state index contributed by atoms with van der Waals surface area (Å²) in [7, 11) is 0. The molecule has 3 aromatic rings. The molecule has 3 nitrogen and oxygen atoms in total. The van der Waals surface area contributed by atoms with E-state index in [-0.39, 0.29) is 5.91 Å². The van der Waals surface area contributed by atoms with Gasteiger partial charge in [-0.3, -0.25) is 4.79 Å². The van der Waals surface area contributed by atoms with Gasteiger partial charge in [0, 0.05) is 11.8 Å². The van der Waals surface area contributed by atoms with E-state index in [1.807, 2.05) is 42.1 Å². The molecule has 3 aromatic carbocycles. The summed E-state index contributed by atoms with van der Waals surface area (Å²) >= 11 is 1.93.